The molecule has 220 valence electrons. The summed E-state index contributed by atoms with van der Waals surface area (Å²) in [6.07, 6.45) is 9.47. The predicted octanol–water partition coefficient (Wildman–Crippen LogP) is 3.75. The molecule has 4 heterocycles. The number of piperidine rings is 1. The number of sulfone groups is 1. The van der Waals surface area contributed by atoms with E-state index < -0.39 is 9.84 Å². The van der Waals surface area contributed by atoms with Crippen molar-refractivity contribution in [1.29, 1.82) is 0 Å². The van der Waals surface area contributed by atoms with Crippen molar-refractivity contribution >= 4 is 38.2 Å². The molecule has 10 nitrogen and oxygen atoms in total. The minimum Gasteiger partial charge on any atom is -0.395 e. The molecule has 0 spiro atoms. The molecular weight excluding hydrogens is 542 g/mol. The van der Waals surface area contributed by atoms with Gasteiger partial charge in [0.25, 0.3) is 5.56 Å². The van der Waals surface area contributed by atoms with Gasteiger partial charge in [-0.1, -0.05) is 18.9 Å². The van der Waals surface area contributed by atoms with Crippen molar-refractivity contribution in [3.05, 3.63) is 57.6 Å². The largest absolute Gasteiger partial charge is 0.395 e. The SMILES string of the molecule is CC(=O)c1c(C)c2cnc(Nc3ccc(C4CCN(CCS(=O)(=O)CCO)CC4)cn3)cc2n(C2CCCC2)c1=O. The summed E-state index contributed by atoms with van der Waals surface area (Å²) >= 11 is 0. The maximum atomic E-state index is 13.5. The van der Waals surface area contributed by atoms with Crippen molar-refractivity contribution in [1.82, 2.24) is 19.4 Å². The number of nitrogens with one attached hydrogen (secondary N) is 1. The van der Waals surface area contributed by atoms with Crippen molar-refractivity contribution in [3.8, 4) is 0 Å². The van der Waals surface area contributed by atoms with E-state index >= 15 is 0 Å². The maximum Gasteiger partial charge on any atom is 0.262 e. The molecule has 41 heavy (non-hydrogen) atoms. The van der Waals surface area contributed by atoms with Gasteiger partial charge < -0.3 is 19.9 Å². The second-order valence-corrected chi connectivity index (χ2v) is 13.7. The number of Topliss-reactive ketones (excluding diaryl/α,β-unsaturated/α-hetero) is 1. The summed E-state index contributed by atoms with van der Waals surface area (Å²) < 4.78 is 25.6. The van der Waals surface area contributed by atoms with E-state index in [4.69, 9.17) is 5.11 Å². The molecule has 2 N–H and O–H groups in total. The minimum absolute atomic E-state index is 0.0766. The van der Waals surface area contributed by atoms with E-state index in [1.165, 1.54) is 6.92 Å². The zero-order chi connectivity index (χ0) is 29.1. The molecule has 0 aromatic carbocycles. The van der Waals surface area contributed by atoms with Crippen LogP contribution in [-0.2, 0) is 9.84 Å². The molecule has 1 aliphatic carbocycles. The smallest absolute Gasteiger partial charge is 0.262 e. The van der Waals surface area contributed by atoms with E-state index in [0.29, 0.717) is 29.7 Å². The van der Waals surface area contributed by atoms with Gasteiger partial charge >= 0.3 is 0 Å². The topological polar surface area (TPSA) is 134 Å². The van der Waals surface area contributed by atoms with Gasteiger partial charge in [0.15, 0.2) is 15.6 Å². The Balaban J connectivity index is 1.29. The Labute approximate surface area is 240 Å². The summed E-state index contributed by atoms with van der Waals surface area (Å²) in [5.74, 6) is 1.29. The van der Waals surface area contributed by atoms with Gasteiger partial charge in [-0.25, -0.2) is 18.4 Å². The number of aryl methyl sites for hydroxylation is 1. The summed E-state index contributed by atoms with van der Waals surface area (Å²) in [7, 11) is -3.20. The van der Waals surface area contributed by atoms with Gasteiger partial charge in [0.2, 0.25) is 0 Å². The van der Waals surface area contributed by atoms with Crippen LogP contribution in [0.25, 0.3) is 10.9 Å². The fourth-order valence-electron chi connectivity index (χ4n) is 6.32. The fourth-order valence-corrected chi connectivity index (χ4v) is 7.34. The highest BCUT2D eigenvalue weighted by atomic mass is 32.2. The van der Waals surface area contributed by atoms with E-state index in [1.54, 1.807) is 6.20 Å². The molecule has 2 aliphatic rings. The first kappa shape index (κ1) is 29.3. The van der Waals surface area contributed by atoms with Crippen LogP contribution >= 0.6 is 0 Å². The van der Waals surface area contributed by atoms with Crippen LogP contribution in [-0.4, -0.2) is 76.5 Å². The zero-order valence-corrected chi connectivity index (χ0v) is 24.6. The highest BCUT2D eigenvalue weighted by Gasteiger charge is 2.25. The average Bonchev–Trinajstić information content (AvgIpc) is 3.47. The van der Waals surface area contributed by atoms with Crippen LogP contribution < -0.4 is 10.9 Å². The highest BCUT2D eigenvalue weighted by molar-refractivity contribution is 7.91. The number of aliphatic hydroxyl groups excluding tert-OH is 1. The maximum absolute atomic E-state index is 13.5. The first-order chi connectivity index (χ1) is 19.7. The highest BCUT2D eigenvalue weighted by Crippen LogP contribution is 2.33. The number of aliphatic hydroxyl groups is 1. The third-order valence-corrected chi connectivity index (χ3v) is 10.2. The Morgan fingerprint density at radius 3 is 2.39 bits per heavy atom. The van der Waals surface area contributed by atoms with Gasteiger partial charge in [0.1, 0.15) is 11.6 Å². The number of rotatable bonds is 10. The molecule has 3 aromatic heterocycles. The Morgan fingerprint density at radius 1 is 1.05 bits per heavy atom. The number of aromatic nitrogens is 3. The summed E-state index contributed by atoms with van der Waals surface area (Å²) in [5.41, 5.74) is 2.64. The number of nitrogens with zero attached hydrogens (tertiary/aromatic N) is 4. The van der Waals surface area contributed by atoms with Crippen molar-refractivity contribution < 1.29 is 18.3 Å². The molecular formula is C30H39N5O5S. The van der Waals surface area contributed by atoms with E-state index in [2.05, 4.69) is 26.3 Å². The van der Waals surface area contributed by atoms with Crippen LogP contribution in [0.4, 0.5) is 11.6 Å². The van der Waals surface area contributed by atoms with Crippen LogP contribution in [0.1, 0.15) is 78.9 Å². The van der Waals surface area contributed by atoms with Crippen molar-refractivity contribution in [3.63, 3.8) is 0 Å². The number of anilines is 2. The van der Waals surface area contributed by atoms with Gasteiger partial charge in [-0.15, -0.1) is 0 Å². The second-order valence-electron chi connectivity index (χ2n) is 11.3. The summed E-state index contributed by atoms with van der Waals surface area (Å²) in [6.45, 7) is 5.09. The van der Waals surface area contributed by atoms with E-state index in [1.807, 2.05) is 29.8 Å². The summed E-state index contributed by atoms with van der Waals surface area (Å²) in [4.78, 5) is 37.2. The van der Waals surface area contributed by atoms with Crippen molar-refractivity contribution in [2.45, 2.75) is 64.3 Å². The van der Waals surface area contributed by atoms with Gasteiger partial charge in [0.05, 0.1) is 29.2 Å². The minimum atomic E-state index is -3.20. The van der Waals surface area contributed by atoms with Crippen LogP contribution in [0.15, 0.2) is 35.4 Å². The lowest BCUT2D eigenvalue weighted by molar-refractivity contribution is 0.101. The Morgan fingerprint density at radius 2 is 1.76 bits per heavy atom. The number of likely N-dealkylation sites (tertiary alicyclic amines) is 1. The number of carbonyl (C=O) groups excluding carboxylic acids is 1. The summed E-state index contributed by atoms with van der Waals surface area (Å²) in [6, 6.07) is 5.97. The van der Waals surface area contributed by atoms with Crippen LogP contribution in [0, 0.1) is 6.92 Å². The molecule has 1 aliphatic heterocycles. The fraction of sp³-hybridized carbons (Fsp3) is 0.533. The van der Waals surface area contributed by atoms with E-state index in [9.17, 15) is 18.0 Å². The number of fused-ring (bicyclic) bond motifs is 1. The Hall–Kier alpha value is -3.15. The van der Waals surface area contributed by atoms with E-state index in [0.717, 1.165) is 68.1 Å². The predicted molar refractivity (Wildman–Crippen MR) is 160 cm³/mol. The first-order valence-corrected chi connectivity index (χ1v) is 16.3. The lowest BCUT2D eigenvalue weighted by atomic mass is 9.90. The molecule has 0 unspecified atom stereocenters. The second kappa shape index (κ2) is 12.4. The van der Waals surface area contributed by atoms with Gasteiger partial charge in [-0.2, -0.15) is 0 Å². The molecule has 3 aromatic rings. The molecule has 0 radical (unpaired) electrons. The quantitative estimate of drug-likeness (QED) is 0.343. The zero-order valence-electron chi connectivity index (χ0n) is 23.8. The van der Waals surface area contributed by atoms with Crippen LogP contribution in [0.5, 0.6) is 0 Å². The van der Waals surface area contributed by atoms with Crippen LogP contribution in [0.2, 0.25) is 0 Å². The number of ketones is 1. The summed E-state index contributed by atoms with van der Waals surface area (Å²) in [5, 5.41) is 13.0. The standard InChI is InChI=1S/C30H39N5O5S/c1-20-25-19-32-28(17-26(25)35(24-5-3-4-6-24)30(38)29(20)21(2)37)33-27-8-7-23(18-31-27)22-9-11-34(12-10-22)13-15-41(39,40)16-14-36/h7-8,17-19,22,24,36H,3-6,9-16H2,1-2H3,(H,31,32,33). The number of carbonyl (C=O) groups is 1. The Kier molecular flexibility index (Phi) is 8.86. The first-order valence-electron chi connectivity index (χ1n) is 14.5. The molecule has 0 amide bonds. The average molecular weight is 582 g/mol. The lowest BCUT2D eigenvalue weighted by Gasteiger charge is -2.32. The van der Waals surface area contributed by atoms with Crippen LogP contribution in [0.3, 0.4) is 0 Å². The van der Waals surface area contributed by atoms with E-state index in [-0.39, 0.29) is 41.1 Å². The Bertz CT molecular complexity index is 1570. The van der Waals surface area contributed by atoms with Crippen molar-refractivity contribution in [2.75, 3.05) is 43.1 Å². The molecule has 1 saturated carbocycles. The molecule has 2 fully saturated rings. The monoisotopic (exact) mass is 581 g/mol. The molecule has 0 bridgehead atoms. The molecule has 1 saturated heterocycles. The van der Waals surface area contributed by atoms with Crippen molar-refractivity contribution in [2.24, 2.45) is 0 Å². The number of hydrogen-bond donors (Lipinski definition) is 2. The lowest BCUT2D eigenvalue weighted by Crippen LogP contribution is -2.36. The normalized spacial score (nSPS) is 17.3. The van der Waals surface area contributed by atoms with Gasteiger partial charge in [-0.05, 0) is 75.7 Å². The molecule has 5 rings (SSSR count). The third-order valence-electron chi connectivity index (χ3n) is 8.62. The molecule has 0 atom stereocenters. The number of pyridine rings is 3. The number of hydrogen-bond acceptors (Lipinski definition) is 9. The third kappa shape index (κ3) is 6.52. The molecule has 11 heteroatoms. The van der Waals surface area contributed by atoms with Gasteiger partial charge in [0, 0.05) is 36.4 Å². The van der Waals surface area contributed by atoms with Gasteiger partial charge in [-0.3, -0.25) is 9.59 Å².